The molecular formula is C15H17ClN2O2. The Labute approximate surface area is 122 Å². The third kappa shape index (κ3) is 2.24. The van der Waals surface area contributed by atoms with Crippen molar-refractivity contribution in [3.8, 4) is 17.0 Å². The Bertz CT molecular complexity index is 637. The van der Waals surface area contributed by atoms with Crippen LogP contribution in [0.3, 0.4) is 0 Å². The van der Waals surface area contributed by atoms with Crippen LogP contribution in [0.25, 0.3) is 11.3 Å². The van der Waals surface area contributed by atoms with E-state index in [1.807, 2.05) is 6.07 Å². The van der Waals surface area contributed by atoms with E-state index >= 15 is 0 Å². The number of aromatic nitrogens is 1. The van der Waals surface area contributed by atoms with Crippen LogP contribution in [0.4, 0.5) is 5.88 Å². The summed E-state index contributed by atoms with van der Waals surface area (Å²) in [6, 6.07) is 3.74. The largest absolute Gasteiger partial charge is 0.494 e. The fourth-order valence-corrected chi connectivity index (χ4v) is 3.21. The van der Waals surface area contributed by atoms with Crippen molar-refractivity contribution in [1.82, 2.24) is 5.16 Å². The monoisotopic (exact) mass is 292 g/mol. The minimum absolute atomic E-state index is 0.296. The molecule has 5 heteroatoms. The second kappa shape index (κ2) is 5.37. The van der Waals surface area contributed by atoms with Gasteiger partial charge in [0.05, 0.1) is 17.7 Å². The number of halogens is 1. The van der Waals surface area contributed by atoms with Crippen LogP contribution < -0.4 is 10.5 Å². The van der Waals surface area contributed by atoms with Crippen molar-refractivity contribution < 1.29 is 9.26 Å². The second-order valence-corrected chi connectivity index (χ2v) is 5.49. The number of ether oxygens (including phenoxy) is 1. The topological polar surface area (TPSA) is 61.3 Å². The van der Waals surface area contributed by atoms with E-state index in [4.69, 9.17) is 26.6 Å². The molecule has 1 aliphatic carbocycles. The van der Waals surface area contributed by atoms with Crippen LogP contribution in [0.15, 0.2) is 16.7 Å². The first-order valence-electron chi connectivity index (χ1n) is 6.81. The molecule has 1 aromatic carbocycles. The number of hydrogen-bond donors (Lipinski definition) is 1. The summed E-state index contributed by atoms with van der Waals surface area (Å²) in [7, 11) is 1.62. The molecule has 1 aromatic heterocycles. The summed E-state index contributed by atoms with van der Waals surface area (Å²) in [5.74, 6) is 0.949. The molecule has 0 fully saturated rings. The molecule has 2 N–H and O–H groups in total. The lowest BCUT2D eigenvalue weighted by Crippen LogP contribution is -2.00. The van der Waals surface area contributed by atoms with Crippen molar-refractivity contribution >= 4 is 17.5 Å². The third-order valence-corrected chi connectivity index (χ3v) is 4.08. The number of benzene rings is 1. The lowest BCUT2D eigenvalue weighted by Gasteiger charge is -2.16. The zero-order valence-corrected chi connectivity index (χ0v) is 12.2. The van der Waals surface area contributed by atoms with Gasteiger partial charge in [0.1, 0.15) is 11.4 Å². The summed E-state index contributed by atoms with van der Waals surface area (Å²) in [5.41, 5.74) is 9.82. The molecule has 1 heterocycles. The third-order valence-electron chi connectivity index (χ3n) is 3.80. The fraction of sp³-hybridized carbons (Fsp3) is 0.400. The molecule has 4 nitrogen and oxygen atoms in total. The van der Waals surface area contributed by atoms with Crippen LogP contribution in [0.5, 0.6) is 5.75 Å². The Morgan fingerprint density at radius 3 is 2.75 bits per heavy atom. The van der Waals surface area contributed by atoms with Gasteiger partial charge in [0.25, 0.3) is 0 Å². The average Bonchev–Trinajstić information content (AvgIpc) is 2.72. The molecule has 0 atom stereocenters. The van der Waals surface area contributed by atoms with E-state index < -0.39 is 0 Å². The number of anilines is 1. The molecule has 0 saturated carbocycles. The molecular weight excluding hydrogens is 276 g/mol. The molecule has 0 bridgehead atoms. The highest BCUT2D eigenvalue weighted by atomic mass is 35.5. The van der Waals surface area contributed by atoms with Gasteiger partial charge in [-0.05, 0) is 42.9 Å². The van der Waals surface area contributed by atoms with Gasteiger partial charge < -0.3 is 15.0 Å². The first-order valence-corrected chi connectivity index (χ1v) is 7.19. The van der Waals surface area contributed by atoms with Gasteiger partial charge >= 0.3 is 0 Å². The number of nitrogens with two attached hydrogens (primary N) is 1. The second-order valence-electron chi connectivity index (χ2n) is 5.08. The van der Waals surface area contributed by atoms with Gasteiger partial charge in [-0.1, -0.05) is 23.2 Å². The van der Waals surface area contributed by atoms with E-state index in [-0.39, 0.29) is 0 Å². The summed E-state index contributed by atoms with van der Waals surface area (Å²) in [6.45, 7) is 0. The molecule has 3 rings (SSSR count). The van der Waals surface area contributed by atoms with Gasteiger partial charge in [-0.2, -0.15) is 0 Å². The van der Waals surface area contributed by atoms with Crippen LogP contribution >= 0.6 is 11.6 Å². The molecule has 0 radical (unpaired) electrons. The Hall–Kier alpha value is -1.68. The molecule has 20 heavy (non-hydrogen) atoms. The van der Waals surface area contributed by atoms with Gasteiger partial charge in [-0.15, -0.1) is 0 Å². The van der Waals surface area contributed by atoms with E-state index in [9.17, 15) is 0 Å². The maximum absolute atomic E-state index is 6.36. The van der Waals surface area contributed by atoms with Crippen molar-refractivity contribution in [3.63, 3.8) is 0 Å². The first kappa shape index (κ1) is 13.3. The predicted molar refractivity (Wildman–Crippen MR) is 79.2 cm³/mol. The van der Waals surface area contributed by atoms with Gasteiger partial charge in [-0.25, -0.2) is 0 Å². The van der Waals surface area contributed by atoms with Crippen molar-refractivity contribution in [1.29, 1.82) is 0 Å². The SMILES string of the molecule is COc1c(Cl)cc2c(c1-c1cc(N)on1)CCCCC2. The average molecular weight is 293 g/mol. The number of rotatable bonds is 2. The quantitative estimate of drug-likeness (QED) is 0.854. The molecule has 1 aliphatic rings. The smallest absolute Gasteiger partial charge is 0.222 e. The molecule has 0 spiro atoms. The fourth-order valence-electron chi connectivity index (χ4n) is 2.90. The summed E-state index contributed by atoms with van der Waals surface area (Å²) >= 11 is 6.36. The van der Waals surface area contributed by atoms with E-state index in [2.05, 4.69) is 5.16 Å². The van der Waals surface area contributed by atoms with Gasteiger partial charge in [0.2, 0.25) is 5.88 Å². The number of methoxy groups -OCH3 is 1. The van der Waals surface area contributed by atoms with Crippen LogP contribution in [0.1, 0.15) is 30.4 Å². The zero-order chi connectivity index (χ0) is 14.1. The van der Waals surface area contributed by atoms with E-state index in [0.29, 0.717) is 22.4 Å². The highest BCUT2D eigenvalue weighted by Crippen LogP contribution is 2.42. The van der Waals surface area contributed by atoms with Gasteiger partial charge in [0.15, 0.2) is 0 Å². The number of fused-ring (bicyclic) bond motifs is 1. The van der Waals surface area contributed by atoms with E-state index in [1.165, 1.54) is 24.0 Å². The molecule has 0 amide bonds. The summed E-state index contributed by atoms with van der Waals surface area (Å²) < 4.78 is 10.5. The highest BCUT2D eigenvalue weighted by Gasteiger charge is 2.22. The lowest BCUT2D eigenvalue weighted by atomic mass is 9.94. The lowest BCUT2D eigenvalue weighted by molar-refractivity contribution is 0.413. The maximum atomic E-state index is 6.36. The van der Waals surface area contributed by atoms with Crippen LogP contribution in [-0.4, -0.2) is 12.3 Å². The van der Waals surface area contributed by atoms with Crippen LogP contribution in [0.2, 0.25) is 5.02 Å². The molecule has 0 saturated heterocycles. The van der Waals surface area contributed by atoms with Crippen molar-refractivity contribution in [2.24, 2.45) is 0 Å². The summed E-state index contributed by atoms with van der Waals surface area (Å²) in [6.07, 6.45) is 5.63. The highest BCUT2D eigenvalue weighted by molar-refractivity contribution is 6.32. The normalized spacial score (nSPS) is 14.7. The molecule has 0 aliphatic heterocycles. The molecule has 0 unspecified atom stereocenters. The minimum Gasteiger partial charge on any atom is -0.494 e. The Morgan fingerprint density at radius 1 is 1.25 bits per heavy atom. The van der Waals surface area contributed by atoms with Gasteiger partial charge in [-0.3, -0.25) is 0 Å². The standard InChI is InChI=1S/C15H17ClN2O2/c1-19-15-11(16)7-9-5-3-2-4-6-10(9)14(15)12-8-13(17)20-18-12/h7-8H,2-6,17H2,1H3. The predicted octanol–water partition coefficient (Wildman–Crippen LogP) is 3.85. The maximum Gasteiger partial charge on any atom is 0.222 e. The van der Waals surface area contributed by atoms with Gasteiger partial charge in [0, 0.05) is 6.07 Å². The Balaban J connectivity index is 2.26. The molecule has 2 aromatic rings. The number of hydrogen-bond acceptors (Lipinski definition) is 4. The first-order chi connectivity index (χ1) is 9.70. The zero-order valence-electron chi connectivity index (χ0n) is 11.4. The van der Waals surface area contributed by atoms with Crippen LogP contribution in [-0.2, 0) is 12.8 Å². The van der Waals surface area contributed by atoms with E-state index in [1.54, 1.807) is 13.2 Å². The number of nitrogens with zero attached hydrogens (tertiary/aromatic N) is 1. The van der Waals surface area contributed by atoms with Crippen molar-refractivity contribution in [2.45, 2.75) is 32.1 Å². The minimum atomic E-state index is 0.296. The van der Waals surface area contributed by atoms with E-state index in [0.717, 1.165) is 24.8 Å². The van der Waals surface area contributed by atoms with Crippen LogP contribution in [0, 0.1) is 0 Å². The number of nitrogen functional groups attached to an aromatic ring is 1. The van der Waals surface area contributed by atoms with Crippen molar-refractivity contribution in [3.05, 3.63) is 28.3 Å². The summed E-state index contributed by atoms with van der Waals surface area (Å²) in [4.78, 5) is 0. The van der Waals surface area contributed by atoms with Crippen molar-refractivity contribution in [2.75, 3.05) is 12.8 Å². The number of aryl methyl sites for hydroxylation is 1. The Kier molecular flexibility index (Phi) is 3.57. The summed E-state index contributed by atoms with van der Waals surface area (Å²) in [5, 5.41) is 4.65. The molecule has 106 valence electrons. The Morgan fingerprint density at radius 2 is 2.05 bits per heavy atom.